The molecule has 0 aliphatic heterocycles. The van der Waals surface area contributed by atoms with Crippen LogP contribution < -0.4 is 5.32 Å². The van der Waals surface area contributed by atoms with Gasteiger partial charge in [-0.05, 0) is 54.0 Å². The molecule has 3 heteroatoms. The fraction of sp³-hybridized carbons (Fsp3) is 0.400. The van der Waals surface area contributed by atoms with Crippen molar-refractivity contribution in [3.8, 4) is 6.07 Å². The van der Waals surface area contributed by atoms with E-state index in [1.54, 1.807) is 0 Å². The van der Waals surface area contributed by atoms with E-state index in [9.17, 15) is 5.26 Å². The highest BCUT2D eigenvalue weighted by molar-refractivity contribution is 5.54. The summed E-state index contributed by atoms with van der Waals surface area (Å²) in [6, 6.07) is 13.0. The van der Waals surface area contributed by atoms with E-state index in [2.05, 4.69) is 61.4 Å². The van der Waals surface area contributed by atoms with Gasteiger partial charge in [-0.2, -0.15) is 5.26 Å². The standard InChI is InChI=1S/C20H23N3/c1-19(2,3)16-6-8-17(9-7-16)23-20(14-21)11-4-5-15-10-12-22-13-18(15)20/h6-10,12-13,23H,4-5,11H2,1-3H3. The SMILES string of the molecule is CC(C)(C)c1ccc(NC2(C#N)CCCc3ccncc32)cc1. The van der Waals surface area contributed by atoms with Crippen molar-refractivity contribution < 1.29 is 0 Å². The molecule has 0 saturated heterocycles. The number of nitriles is 1. The number of hydrogen-bond donors (Lipinski definition) is 1. The molecule has 3 nitrogen and oxygen atoms in total. The van der Waals surface area contributed by atoms with E-state index in [1.165, 1.54) is 11.1 Å². The third-order valence-corrected chi connectivity index (χ3v) is 4.67. The molecule has 1 unspecified atom stereocenters. The number of nitrogens with one attached hydrogen (secondary N) is 1. The molecule has 0 amide bonds. The van der Waals surface area contributed by atoms with Crippen LogP contribution in [0.1, 0.15) is 50.3 Å². The second kappa shape index (κ2) is 5.70. The number of aryl methyl sites for hydroxylation is 1. The van der Waals surface area contributed by atoms with Gasteiger partial charge in [-0.3, -0.25) is 4.98 Å². The molecule has 0 fully saturated rings. The molecule has 1 heterocycles. The number of anilines is 1. The first-order valence-electron chi connectivity index (χ1n) is 8.18. The van der Waals surface area contributed by atoms with Gasteiger partial charge in [0.15, 0.2) is 5.54 Å². The van der Waals surface area contributed by atoms with E-state index >= 15 is 0 Å². The lowest BCUT2D eigenvalue weighted by Gasteiger charge is -2.34. The fourth-order valence-corrected chi connectivity index (χ4v) is 3.28. The predicted octanol–water partition coefficient (Wildman–Crippen LogP) is 4.55. The van der Waals surface area contributed by atoms with Crippen molar-refractivity contribution in [2.75, 3.05) is 5.32 Å². The van der Waals surface area contributed by atoms with Gasteiger partial charge in [0.1, 0.15) is 0 Å². The average molecular weight is 305 g/mol. The van der Waals surface area contributed by atoms with Crippen LogP contribution in [0.5, 0.6) is 0 Å². The third kappa shape index (κ3) is 2.94. The highest BCUT2D eigenvalue weighted by Crippen LogP contribution is 2.37. The van der Waals surface area contributed by atoms with Crippen molar-refractivity contribution in [1.29, 1.82) is 5.26 Å². The summed E-state index contributed by atoms with van der Waals surface area (Å²) < 4.78 is 0. The monoisotopic (exact) mass is 305 g/mol. The normalized spacial score (nSPS) is 20.4. The van der Waals surface area contributed by atoms with Gasteiger partial charge in [0.25, 0.3) is 0 Å². The first-order valence-corrected chi connectivity index (χ1v) is 8.18. The van der Waals surface area contributed by atoms with Gasteiger partial charge >= 0.3 is 0 Å². The van der Waals surface area contributed by atoms with Gasteiger partial charge in [-0.15, -0.1) is 0 Å². The number of hydrogen-bond acceptors (Lipinski definition) is 3. The van der Waals surface area contributed by atoms with Crippen LogP contribution in [0, 0.1) is 11.3 Å². The molecule has 118 valence electrons. The van der Waals surface area contributed by atoms with E-state index in [0.29, 0.717) is 0 Å². The van der Waals surface area contributed by atoms with Crippen LogP contribution in [-0.2, 0) is 17.4 Å². The Morgan fingerprint density at radius 1 is 1.17 bits per heavy atom. The highest BCUT2D eigenvalue weighted by atomic mass is 15.0. The molecule has 1 N–H and O–H groups in total. The molecule has 1 aliphatic carbocycles. The topological polar surface area (TPSA) is 48.7 Å². The maximum Gasteiger partial charge on any atom is 0.152 e. The Hall–Kier alpha value is -2.34. The second-order valence-corrected chi connectivity index (χ2v) is 7.36. The Balaban J connectivity index is 1.94. The van der Waals surface area contributed by atoms with Crippen molar-refractivity contribution in [1.82, 2.24) is 4.98 Å². The van der Waals surface area contributed by atoms with Gasteiger partial charge in [0.05, 0.1) is 6.07 Å². The lowest BCUT2D eigenvalue weighted by Crippen LogP contribution is -2.37. The number of fused-ring (bicyclic) bond motifs is 1. The second-order valence-electron chi connectivity index (χ2n) is 7.36. The number of benzene rings is 1. The lowest BCUT2D eigenvalue weighted by atomic mass is 9.78. The van der Waals surface area contributed by atoms with E-state index in [1.807, 2.05) is 18.5 Å². The van der Waals surface area contributed by atoms with Crippen LogP contribution in [0.2, 0.25) is 0 Å². The van der Waals surface area contributed by atoms with Crippen LogP contribution in [-0.4, -0.2) is 4.98 Å². The third-order valence-electron chi connectivity index (χ3n) is 4.67. The minimum atomic E-state index is -0.676. The van der Waals surface area contributed by atoms with E-state index < -0.39 is 5.54 Å². The first-order chi connectivity index (χ1) is 10.9. The number of pyridine rings is 1. The molecule has 0 saturated carbocycles. The quantitative estimate of drug-likeness (QED) is 0.885. The highest BCUT2D eigenvalue weighted by Gasteiger charge is 2.37. The molecule has 23 heavy (non-hydrogen) atoms. The minimum Gasteiger partial charge on any atom is -0.364 e. The van der Waals surface area contributed by atoms with Crippen LogP contribution in [0.15, 0.2) is 42.7 Å². The Kier molecular flexibility index (Phi) is 3.85. The number of nitrogens with zero attached hydrogens (tertiary/aromatic N) is 2. The van der Waals surface area contributed by atoms with Crippen LogP contribution >= 0.6 is 0 Å². The van der Waals surface area contributed by atoms with Crippen molar-refractivity contribution in [2.45, 2.75) is 51.0 Å². The zero-order valence-electron chi connectivity index (χ0n) is 14.1. The summed E-state index contributed by atoms with van der Waals surface area (Å²) >= 11 is 0. The summed E-state index contributed by atoms with van der Waals surface area (Å²) in [5.74, 6) is 0. The summed E-state index contributed by atoms with van der Waals surface area (Å²) in [6.45, 7) is 6.61. The Morgan fingerprint density at radius 2 is 1.91 bits per heavy atom. The molecule has 3 rings (SSSR count). The smallest absolute Gasteiger partial charge is 0.152 e. The maximum absolute atomic E-state index is 9.89. The Labute approximate surface area is 138 Å². The summed E-state index contributed by atoms with van der Waals surface area (Å²) in [7, 11) is 0. The Bertz CT molecular complexity index is 735. The molecule has 1 aromatic carbocycles. The van der Waals surface area contributed by atoms with Crippen molar-refractivity contribution in [3.05, 3.63) is 59.4 Å². The van der Waals surface area contributed by atoms with Gasteiger partial charge in [0, 0.05) is 23.6 Å². The zero-order chi connectivity index (χ0) is 16.5. The zero-order valence-corrected chi connectivity index (χ0v) is 14.1. The minimum absolute atomic E-state index is 0.132. The summed E-state index contributed by atoms with van der Waals surface area (Å²) in [6.07, 6.45) is 6.49. The average Bonchev–Trinajstić information content (AvgIpc) is 2.55. The van der Waals surface area contributed by atoms with Crippen LogP contribution in [0.25, 0.3) is 0 Å². The molecule has 2 aromatic rings. The summed E-state index contributed by atoms with van der Waals surface area (Å²) in [5.41, 5.74) is 3.98. The van der Waals surface area contributed by atoms with E-state index in [0.717, 1.165) is 30.5 Å². The predicted molar refractivity (Wildman–Crippen MR) is 93.2 cm³/mol. The van der Waals surface area contributed by atoms with E-state index in [-0.39, 0.29) is 5.41 Å². The fourth-order valence-electron chi connectivity index (χ4n) is 3.28. The molecular weight excluding hydrogens is 282 g/mol. The molecule has 1 atom stereocenters. The molecule has 0 bridgehead atoms. The van der Waals surface area contributed by atoms with Gasteiger partial charge < -0.3 is 5.32 Å². The molecule has 1 aromatic heterocycles. The largest absolute Gasteiger partial charge is 0.364 e. The van der Waals surface area contributed by atoms with Crippen LogP contribution in [0.3, 0.4) is 0 Å². The first kappa shape index (κ1) is 15.6. The van der Waals surface area contributed by atoms with Crippen molar-refractivity contribution in [3.63, 3.8) is 0 Å². The summed E-state index contributed by atoms with van der Waals surface area (Å²) in [4.78, 5) is 4.24. The molecule has 0 radical (unpaired) electrons. The van der Waals surface area contributed by atoms with Crippen molar-refractivity contribution in [2.24, 2.45) is 0 Å². The Morgan fingerprint density at radius 3 is 2.57 bits per heavy atom. The molecular formula is C20H23N3. The molecule has 1 aliphatic rings. The lowest BCUT2D eigenvalue weighted by molar-refractivity contribution is 0.502. The molecule has 0 spiro atoms. The van der Waals surface area contributed by atoms with Gasteiger partial charge in [0.2, 0.25) is 0 Å². The maximum atomic E-state index is 9.89. The van der Waals surface area contributed by atoms with Crippen molar-refractivity contribution >= 4 is 5.69 Å². The van der Waals surface area contributed by atoms with Gasteiger partial charge in [-0.1, -0.05) is 32.9 Å². The van der Waals surface area contributed by atoms with Crippen LogP contribution in [0.4, 0.5) is 5.69 Å². The number of aromatic nitrogens is 1. The number of rotatable bonds is 2. The van der Waals surface area contributed by atoms with Gasteiger partial charge in [-0.25, -0.2) is 0 Å². The van der Waals surface area contributed by atoms with E-state index in [4.69, 9.17) is 0 Å². The summed E-state index contributed by atoms with van der Waals surface area (Å²) in [5, 5.41) is 13.4.